The summed E-state index contributed by atoms with van der Waals surface area (Å²) in [4.78, 5) is 6.94. The van der Waals surface area contributed by atoms with Crippen LogP contribution in [0.15, 0.2) is 12.1 Å². The first-order chi connectivity index (χ1) is 8.79. The minimum Gasteiger partial charge on any atom is -0.490 e. The number of hydrogen-bond donors (Lipinski definition) is 1. The lowest BCUT2D eigenvalue weighted by molar-refractivity contribution is 0.235. The average Bonchev–Trinajstić information content (AvgIpc) is 2.85. The van der Waals surface area contributed by atoms with Gasteiger partial charge in [0.25, 0.3) is 0 Å². The van der Waals surface area contributed by atoms with Crippen molar-refractivity contribution in [3.05, 3.63) is 23.5 Å². The number of nitrogens with two attached hydrogens (primary N) is 1. The molecule has 4 heteroatoms. The topological polar surface area (TPSA) is 51.4 Å². The predicted octanol–water partition coefficient (Wildman–Crippen LogP) is 1.37. The quantitative estimate of drug-likeness (QED) is 0.827. The van der Waals surface area contributed by atoms with Gasteiger partial charge in [0.2, 0.25) is 0 Å². The van der Waals surface area contributed by atoms with Gasteiger partial charge in [0, 0.05) is 18.7 Å². The van der Waals surface area contributed by atoms with Crippen LogP contribution in [0.1, 0.15) is 24.2 Å². The van der Waals surface area contributed by atoms with E-state index in [4.69, 9.17) is 10.5 Å². The smallest absolute Gasteiger partial charge is 0.140 e. The minimum atomic E-state index is 0.610. The highest BCUT2D eigenvalue weighted by molar-refractivity contribution is 5.29. The van der Waals surface area contributed by atoms with Gasteiger partial charge in [-0.1, -0.05) is 0 Å². The largest absolute Gasteiger partial charge is 0.490 e. The molecule has 0 saturated carbocycles. The Bertz CT molecular complexity index is 375. The Hall–Kier alpha value is -1.13. The number of aryl methyl sites for hydroxylation is 1. The molecule has 1 aromatic rings. The summed E-state index contributed by atoms with van der Waals surface area (Å²) >= 11 is 0. The first-order valence-electron chi connectivity index (χ1n) is 6.81. The van der Waals surface area contributed by atoms with Crippen LogP contribution >= 0.6 is 0 Å². The maximum absolute atomic E-state index is 5.85. The summed E-state index contributed by atoms with van der Waals surface area (Å²) < 4.78 is 5.85. The minimum absolute atomic E-state index is 0.610. The number of pyridine rings is 1. The molecular weight excluding hydrogens is 226 g/mol. The average molecular weight is 249 g/mol. The normalized spacial score (nSPS) is 16.1. The molecule has 0 atom stereocenters. The Morgan fingerprint density at radius 3 is 2.83 bits per heavy atom. The molecule has 0 aromatic carbocycles. The number of likely N-dealkylation sites (tertiary alicyclic amines) is 1. The summed E-state index contributed by atoms with van der Waals surface area (Å²) in [5.41, 5.74) is 7.61. The molecular formula is C14H23N3O. The van der Waals surface area contributed by atoms with Crippen molar-refractivity contribution >= 4 is 0 Å². The third kappa shape index (κ3) is 3.68. The van der Waals surface area contributed by atoms with Crippen molar-refractivity contribution in [3.63, 3.8) is 0 Å². The monoisotopic (exact) mass is 249 g/mol. The van der Waals surface area contributed by atoms with Gasteiger partial charge in [-0.05, 0) is 51.5 Å². The Morgan fingerprint density at radius 2 is 2.11 bits per heavy atom. The summed E-state index contributed by atoms with van der Waals surface area (Å²) in [6.07, 6.45) is 3.43. The molecule has 1 aromatic heterocycles. The van der Waals surface area contributed by atoms with E-state index in [0.717, 1.165) is 36.7 Å². The fourth-order valence-electron chi connectivity index (χ4n) is 2.34. The number of ether oxygens (including phenoxy) is 1. The first kappa shape index (κ1) is 13.3. The molecule has 0 unspecified atom stereocenters. The molecule has 0 radical (unpaired) electrons. The van der Waals surface area contributed by atoms with Gasteiger partial charge in [-0.3, -0.25) is 9.88 Å². The molecule has 2 rings (SSSR count). The van der Waals surface area contributed by atoms with E-state index in [2.05, 4.69) is 9.88 Å². The van der Waals surface area contributed by atoms with Crippen LogP contribution < -0.4 is 10.5 Å². The summed E-state index contributed by atoms with van der Waals surface area (Å²) in [5.74, 6) is 0.894. The molecule has 0 amide bonds. The molecule has 2 heterocycles. The molecule has 18 heavy (non-hydrogen) atoms. The fraction of sp³-hybridized carbons (Fsp3) is 0.643. The van der Waals surface area contributed by atoms with Crippen LogP contribution in [0.5, 0.6) is 5.75 Å². The number of hydrogen-bond acceptors (Lipinski definition) is 4. The van der Waals surface area contributed by atoms with E-state index in [1.54, 1.807) is 0 Å². The molecule has 4 nitrogen and oxygen atoms in total. The second-order valence-corrected chi connectivity index (χ2v) is 4.83. The van der Waals surface area contributed by atoms with Crippen LogP contribution in [0.4, 0.5) is 0 Å². The molecule has 2 N–H and O–H groups in total. The Balaban J connectivity index is 1.87. The van der Waals surface area contributed by atoms with E-state index in [0.29, 0.717) is 6.54 Å². The first-order valence-corrected chi connectivity index (χ1v) is 6.81. The van der Waals surface area contributed by atoms with Crippen molar-refractivity contribution < 1.29 is 4.74 Å². The van der Waals surface area contributed by atoms with Crippen molar-refractivity contribution in [1.29, 1.82) is 0 Å². The summed E-state index contributed by atoms with van der Waals surface area (Å²) in [6.45, 7) is 6.78. The lowest BCUT2D eigenvalue weighted by Gasteiger charge is -2.16. The van der Waals surface area contributed by atoms with E-state index in [1.165, 1.54) is 25.9 Å². The Morgan fingerprint density at radius 1 is 1.33 bits per heavy atom. The van der Waals surface area contributed by atoms with Crippen molar-refractivity contribution in [2.45, 2.75) is 26.2 Å². The lowest BCUT2D eigenvalue weighted by atomic mass is 10.2. The van der Waals surface area contributed by atoms with E-state index in [-0.39, 0.29) is 0 Å². The van der Waals surface area contributed by atoms with Crippen LogP contribution in [0.3, 0.4) is 0 Å². The summed E-state index contributed by atoms with van der Waals surface area (Å²) in [5, 5.41) is 0. The van der Waals surface area contributed by atoms with Gasteiger partial charge in [-0.15, -0.1) is 0 Å². The Kier molecular flexibility index (Phi) is 4.96. The Labute approximate surface area is 109 Å². The highest BCUT2D eigenvalue weighted by atomic mass is 16.5. The van der Waals surface area contributed by atoms with Crippen LogP contribution in [0.2, 0.25) is 0 Å². The zero-order valence-electron chi connectivity index (χ0n) is 11.2. The zero-order chi connectivity index (χ0) is 12.8. The maximum Gasteiger partial charge on any atom is 0.140 e. The maximum atomic E-state index is 5.85. The molecule has 1 aliphatic heterocycles. The third-order valence-electron chi connectivity index (χ3n) is 3.32. The van der Waals surface area contributed by atoms with E-state index in [1.807, 2.05) is 19.1 Å². The van der Waals surface area contributed by atoms with E-state index >= 15 is 0 Å². The highest BCUT2D eigenvalue weighted by Gasteiger charge is 2.11. The molecule has 0 bridgehead atoms. The van der Waals surface area contributed by atoms with Gasteiger partial charge >= 0.3 is 0 Å². The standard InChI is InChI=1S/C14H23N3O/c1-12-4-5-14(13(16-12)6-7-15)18-11-10-17-8-2-3-9-17/h4-5H,2-3,6-11,15H2,1H3. The van der Waals surface area contributed by atoms with Gasteiger partial charge in [-0.25, -0.2) is 0 Å². The summed E-state index contributed by atoms with van der Waals surface area (Å²) in [7, 11) is 0. The third-order valence-corrected chi connectivity index (χ3v) is 3.32. The van der Waals surface area contributed by atoms with Crippen molar-refractivity contribution in [3.8, 4) is 5.75 Å². The van der Waals surface area contributed by atoms with Gasteiger partial charge in [0.05, 0.1) is 5.69 Å². The van der Waals surface area contributed by atoms with Crippen molar-refractivity contribution in [1.82, 2.24) is 9.88 Å². The van der Waals surface area contributed by atoms with Crippen molar-refractivity contribution in [2.24, 2.45) is 5.73 Å². The second-order valence-electron chi connectivity index (χ2n) is 4.83. The number of nitrogens with zero attached hydrogens (tertiary/aromatic N) is 2. The van der Waals surface area contributed by atoms with E-state index in [9.17, 15) is 0 Å². The molecule has 1 aliphatic rings. The van der Waals surface area contributed by atoms with Gasteiger partial charge in [0.15, 0.2) is 0 Å². The van der Waals surface area contributed by atoms with E-state index < -0.39 is 0 Å². The highest BCUT2D eigenvalue weighted by Crippen LogP contribution is 2.17. The predicted molar refractivity (Wildman–Crippen MR) is 72.9 cm³/mol. The second kappa shape index (κ2) is 6.71. The fourth-order valence-corrected chi connectivity index (χ4v) is 2.34. The number of rotatable bonds is 6. The molecule has 0 spiro atoms. The molecule has 1 fully saturated rings. The van der Waals surface area contributed by atoms with Crippen LogP contribution in [0.25, 0.3) is 0 Å². The van der Waals surface area contributed by atoms with Gasteiger partial charge < -0.3 is 10.5 Å². The van der Waals surface area contributed by atoms with Crippen LogP contribution in [0, 0.1) is 6.92 Å². The molecule has 1 saturated heterocycles. The summed E-state index contributed by atoms with van der Waals surface area (Å²) in [6, 6.07) is 4.00. The van der Waals surface area contributed by atoms with Gasteiger partial charge in [-0.2, -0.15) is 0 Å². The molecule has 0 aliphatic carbocycles. The lowest BCUT2D eigenvalue weighted by Crippen LogP contribution is -2.25. The van der Waals surface area contributed by atoms with Crippen LogP contribution in [-0.2, 0) is 6.42 Å². The SMILES string of the molecule is Cc1ccc(OCCN2CCCC2)c(CCN)n1. The zero-order valence-corrected chi connectivity index (χ0v) is 11.2. The van der Waals surface area contributed by atoms with Crippen LogP contribution in [-0.4, -0.2) is 42.7 Å². The van der Waals surface area contributed by atoms with Gasteiger partial charge in [0.1, 0.15) is 12.4 Å². The van der Waals surface area contributed by atoms with Crippen molar-refractivity contribution in [2.75, 3.05) is 32.8 Å². The number of aromatic nitrogens is 1. The molecule has 100 valence electrons.